The van der Waals surface area contributed by atoms with E-state index in [9.17, 15) is 0 Å². The molecule has 0 saturated heterocycles. The average Bonchev–Trinajstić information content (AvgIpc) is 2.68. The molecule has 0 amide bonds. The van der Waals surface area contributed by atoms with Crippen LogP contribution in [0.1, 0.15) is 0 Å². The maximum Gasteiger partial charge on any atom is 0.159 e. The summed E-state index contributed by atoms with van der Waals surface area (Å²) in [7, 11) is 1.92. The molecule has 0 aliphatic rings. The number of halogens is 1. The van der Waals surface area contributed by atoms with Crippen LogP contribution in [0, 0.1) is 0 Å². The fraction of sp³-hybridized carbons (Fsp3) is 0.0769. The molecule has 0 radical (unpaired) electrons. The van der Waals surface area contributed by atoms with Gasteiger partial charge >= 0.3 is 0 Å². The summed E-state index contributed by atoms with van der Waals surface area (Å²) < 4.78 is 1.92. The first kappa shape index (κ1) is 11.0. The number of nitrogens with zero attached hydrogens (tertiary/aromatic N) is 3. The van der Waals surface area contributed by atoms with Gasteiger partial charge in [-0.05, 0) is 30.3 Å². The molecule has 3 rings (SSSR count). The monoisotopic (exact) mass is 258 g/mol. The third kappa shape index (κ3) is 1.62. The number of hydrogen-bond acceptors (Lipinski definition) is 3. The molecule has 1 aromatic carbocycles. The van der Waals surface area contributed by atoms with Crippen LogP contribution in [0.4, 0.5) is 5.69 Å². The van der Waals surface area contributed by atoms with Gasteiger partial charge in [-0.25, -0.2) is 9.97 Å². The number of rotatable bonds is 1. The summed E-state index contributed by atoms with van der Waals surface area (Å²) in [4.78, 5) is 8.86. The third-order valence-corrected chi connectivity index (χ3v) is 3.17. The van der Waals surface area contributed by atoms with E-state index in [-0.39, 0.29) is 0 Å². The van der Waals surface area contributed by atoms with Crippen LogP contribution >= 0.6 is 11.6 Å². The number of aromatic nitrogens is 3. The Morgan fingerprint density at radius 3 is 2.83 bits per heavy atom. The first-order valence-corrected chi connectivity index (χ1v) is 5.87. The summed E-state index contributed by atoms with van der Waals surface area (Å²) in [6, 6.07) is 9.21. The van der Waals surface area contributed by atoms with Crippen LogP contribution < -0.4 is 5.73 Å². The van der Waals surface area contributed by atoms with Gasteiger partial charge in [0.1, 0.15) is 11.3 Å². The fourth-order valence-corrected chi connectivity index (χ4v) is 2.25. The molecule has 5 heteroatoms. The molecule has 2 heterocycles. The molecule has 90 valence electrons. The van der Waals surface area contributed by atoms with Crippen molar-refractivity contribution in [3.8, 4) is 11.4 Å². The van der Waals surface area contributed by atoms with Crippen LogP contribution in [-0.4, -0.2) is 14.5 Å². The summed E-state index contributed by atoms with van der Waals surface area (Å²) in [6.07, 6.45) is 1.75. The molecule has 0 spiro atoms. The van der Waals surface area contributed by atoms with Gasteiger partial charge in [-0.15, -0.1) is 0 Å². The summed E-state index contributed by atoms with van der Waals surface area (Å²) in [5, 5.41) is 0.591. The zero-order valence-electron chi connectivity index (χ0n) is 9.76. The van der Waals surface area contributed by atoms with Gasteiger partial charge in [0, 0.05) is 24.5 Å². The number of nitrogen functional groups attached to an aromatic ring is 1. The van der Waals surface area contributed by atoms with E-state index in [2.05, 4.69) is 9.97 Å². The van der Waals surface area contributed by atoms with Crippen LogP contribution in [0.25, 0.3) is 22.6 Å². The minimum absolute atomic E-state index is 0.591. The number of hydrogen-bond donors (Lipinski definition) is 1. The maximum absolute atomic E-state index is 6.21. The number of anilines is 1. The van der Waals surface area contributed by atoms with Gasteiger partial charge in [-0.3, -0.25) is 0 Å². The summed E-state index contributed by atoms with van der Waals surface area (Å²) in [5.41, 5.74) is 8.87. The quantitative estimate of drug-likeness (QED) is 0.683. The Morgan fingerprint density at radius 2 is 2.11 bits per heavy atom. The highest BCUT2D eigenvalue weighted by Crippen LogP contribution is 2.30. The highest BCUT2D eigenvalue weighted by atomic mass is 35.5. The third-order valence-electron chi connectivity index (χ3n) is 2.86. The zero-order valence-corrected chi connectivity index (χ0v) is 10.5. The van der Waals surface area contributed by atoms with Crippen LogP contribution in [-0.2, 0) is 7.05 Å². The molecule has 0 unspecified atom stereocenters. The standard InChI is InChI=1S/C13H11ClN4/c1-18-12(9-5-4-8(15)7-10(9)14)17-11-3-2-6-16-13(11)18/h2-7H,15H2,1H3. The predicted molar refractivity (Wildman–Crippen MR) is 73.4 cm³/mol. The lowest BCUT2D eigenvalue weighted by Gasteiger charge is -2.05. The molecular formula is C13H11ClN4. The molecule has 0 saturated carbocycles. The van der Waals surface area contributed by atoms with Gasteiger partial charge in [-0.1, -0.05) is 11.6 Å². The van der Waals surface area contributed by atoms with Gasteiger partial charge in [0.15, 0.2) is 5.65 Å². The normalized spacial score (nSPS) is 11.0. The minimum Gasteiger partial charge on any atom is -0.399 e. The van der Waals surface area contributed by atoms with Crippen LogP contribution in [0.3, 0.4) is 0 Å². The molecule has 0 fully saturated rings. The van der Waals surface area contributed by atoms with Crippen molar-refractivity contribution in [3.05, 3.63) is 41.6 Å². The lowest BCUT2D eigenvalue weighted by molar-refractivity contribution is 0.942. The maximum atomic E-state index is 6.21. The lowest BCUT2D eigenvalue weighted by atomic mass is 10.2. The van der Waals surface area contributed by atoms with E-state index >= 15 is 0 Å². The second kappa shape index (κ2) is 3.99. The van der Waals surface area contributed by atoms with Gasteiger partial charge in [-0.2, -0.15) is 0 Å². The number of nitrogens with two attached hydrogens (primary N) is 1. The Morgan fingerprint density at radius 1 is 1.28 bits per heavy atom. The van der Waals surface area contributed by atoms with Gasteiger partial charge in [0.25, 0.3) is 0 Å². The lowest BCUT2D eigenvalue weighted by Crippen LogP contribution is -1.95. The number of benzene rings is 1. The highest BCUT2D eigenvalue weighted by Gasteiger charge is 2.13. The second-order valence-corrected chi connectivity index (χ2v) is 4.49. The summed E-state index contributed by atoms with van der Waals surface area (Å²) >= 11 is 6.21. The van der Waals surface area contributed by atoms with E-state index in [4.69, 9.17) is 17.3 Å². The van der Waals surface area contributed by atoms with Gasteiger partial charge in [0.05, 0.1) is 5.02 Å². The average molecular weight is 259 g/mol. The molecule has 4 nitrogen and oxygen atoms in total. The van der Waals surface area contributed by atoms with Crippen molar-refractivity contribution in [2.45, 2.75) is 0 Å². The number of imidazole rings is 1. The molecular weight excluding hydrogens is 248 g/mol. The minimum atomic E-state index is 0.591. The number of pyridine rings is 1. The summed E-state index contributed by atoms with van der Waals surface area (Å²) in [5.74, 6) is 0.786. The van der Waals surface area contributed by atoms with Crippen molar-refractivity contribution in [2.24, 2.45) is 7.05 Å². The van der Waals surface area contributed by atoms with Gasteiger partial charge in [0.2, 0.25) is 0 Å². The molecule has 0 aliphatic heterocycles. The van der Waals surface area contributed by atoms with Crippen molar-refractivity contribution >= 4 is 28.5 Å². The number of aryl methyl sites for hydroxylation is 1. The van der Waals surface area contributed by atoms with Crippen LogP contribution in [0.2, 0.25) is 5.02 Å². The topological polar surface area (TPSA) is 56.7 Å². The Bertz CT molecular complexity index is 733. The van der Waals surface area contributed by atoms with E-state index in [0.29, 0.717) is 10.7 Å². The first-order chi connectivity index (χ1) is 8.66. The van der Waals surface area contributed by atoms with Crippen molar-refractivity contribution in [3.63, 3.8) is 0 Å². The Balaban J connectivity index is 2.28. The van der Waals surface area contributed by atoms with Crippen LogP contribution in [0.15, 0.2) is 36.5 Å². The smallest absolute Gasteiger partial charge is 0.159 e. The molecule has 0 atom stereocenters. The largest absolute Gasteiger partial charge is 0.399 e. The van der Waals surface area contributed by atoms with Crippen molar-refractivity contribution in [1.82, 2.24) is 14.5 Å². The summed E-state index contributed by atoms with van der Waals surface area (Å²) in [6.45, 7) is 0. The van der Waals surface area contributed by atoms with Crippen molar-refractivity contribution in [1.29, 1.82) is 0 Å². The second-order valence-electron chi connectivity index (χ2n) is 4.08. The Labute approximate surface area is 109 Å². The predicted octanol–water partition coefficient (Wildman–Crippen LogP) is 2.87. The fourth-order valence-electron chi connectivity index (χ4n) is 1.98. The van der Waals surface area contributed by atoms with Crippen LogP contribution in [0.5, 0.6) is 0 Å². The molecule has 0 bridgehead atoms. The van der Waals surface area contributed by atoms with E-state index in [1.54, 1.807) is 12.3 Å². The van der Waals surface area contributed by atoms with E-state index in [1.165, 1.54) is 0 Å². The molecule has 0 aliphatic carbocycles. The Kier molecular flexibility index (Phi) is 2.45. The first-order valence-electron chi connectivity index (χ1n) is 5.49. The van der Waals surface area contributed by atoms with Crippen molar-refractivity contribution in [2.75, 3.05) is 5.73 Å². The van der Waals surface area contributed by atoms with E-state index in [0.717, 1.165) is 22.6 Å². The molecule has 2 N–H and O–H groups in total. The van der Waals surface area contributed by atoms with E-state index < -0.39 is 0 Å². The molecule has 2 aromatic heterocycles. The molecule has 18 heavy (non-hydrogen) atoms. The van der Waals surface area contributed by atoms with Gasteiger partial charge < -0.3 is 10.3 Å². The number of fused-ring (bicyclic) bond motifs is 1. The Hall–Kier alpha value is -2.07. The van der Waals surface area contributed by atoms with Crippen molar-refractivity contribution < 1.29 is 0 Å². The SMILES string of the molecule is Cn1c(-c2ccc(N)cc2Cl)nc2cccnc21. The zero-order chi connectivity index (χ0) is 12.7. The highest BCUT2D eigenvalue weighted by molar-refractivity contribution is 6.33. The van der Waals surface area contributed by atoms with E-state index in [1.807, 2.05) is 35.9 Å². The molecule has 3 aromatic rings.